The molecule has 3 aromatic rings. The van der Waals surface area contributed by atoms with Gasteiger partial charge in [-0.05, 0) is 51.0 Å². The Kier molecular flexibility index (Phi) is 6.57. The van der Waals surface area contributed by atoms with Gasteiger partial charge in [0.2, 0.25) is 5.91 Å². The van der Waals surface area contributed by atoms with Crippen molar-refractivity contribution in [3.8, 4) is 0 Å². The van der Waals surface area contributed by atoms with Crippen LogP contribution in [0.15, 0.2) is 28.4 Å². The number of nitrogens with one attached hydrogen (secondary N) is 1. The largest absolute Gasteiger partial charge is 0.326 e. The number of aromatic nitrogens is 2. The third-order valence-corrected chi connectivity index (χ3v) is 6.53. The fraction of sp³-hybridized carbons (Fsp3) is 0.381. The maximum atomic E-state index is 12.3. The minimum absolute atomic E-state index is 0.0254. The van der Waals surface area contributed by atoms with Crippen LogP contribution in [0.4, 0.5) is 5.69 Å². The van der Waals surface area contributed by atoms with E-state index in [1.54, 1.807) is 22.2 Å². The van der Waals surface area contributed by atoms with Crippen molar-refractivity contribution in [3.63, 3.8) is 0 Å². The fourth-order valence-electron chi connectivity index (χ4n) is 3.27. The lowest BCUT2D eigenvalue weighted by atomic mass is 10.0. The summed E-state index contributed by atoms with van der Waals surface area (Å²) >= 11 is 3.18. The quantitative estimate of drug-likeness (QED) is 0.571. The molecule has 5 nitrogen and oxygen atoms in total. The zero-order chi connectivity index (χ0) is 20.3. The van der Waals surface area contributed by atoms with E-state index in [1.807, 2.05) is 26.2 Å². The number of anilines is 1. The van der Waals surface area contributed by atoms with Gasteiger partial charge in [-0.1, -0.05) is 17.7 Å². The number of fused-ring (bicyclic) bond motifs is 1. The predicted octanol–water partition coefficient (Wildman–Crippen LogP) is 4.64. The number of thiazole rings is 1. The van der Waals surface area contributed by atoms with E-state index in [-0.39, 0.29) is 11.5 Å². The number of thioether (sulfide) groups is 1. The highest BCUT2D eigenvalue weighted by molar-refractivity contribution is 7.98. The summed E-state index contributed by atoms with van der Waals surface area (Å²) in [6.45, 7) is 8.01. The first-order valence-corrected chi connectivity index (χ1v) is 11.3. The van der Waals surface area contributed by atoms with Gasteiger partial charge < -0.3 is 5.32 Å². The predicted molar refractivity (Wildman–Crippen MR) is 119 cm³/mol. The Hall–Kier alpha value is -2.12. The molecule has 3 rings (SSSR count). The number of hydrogen-bond acceptors (Lipinski definition) is 5. The van der Waals surface area contributed by atoms with Crippen molar-refractivity contribution < 1.29 is 4.79 Å². The monoisotopic (exact) mass is 415 g/mol. The van der Waals surface area contributed by atoms with Crippen molar-refractivity contribution in [2.45, 2.75) is 46.3 Å². The summed E-state index contributed by atoms with van der Waals surface area (Å²) in [5.74, 6) is 1.58. The van der Waals surface area contributed by atoms with Crippen LogP contribution >= 0.6 is 23.1 Å². The second-order valence-corrected chi connectivity index (χ2v) is 9.00. The van der Waals surface area contributed by atoms with Crippen LogP contribution in [0.5, 0.6) is 0 Å². The molecule has 28 heavy (non-hydrogen) atoms. The normalized spacial score (nSPS) is 11.1. The maximum absolute atomic E-state index is 12.3. The molecule has 0 aliphatic carbocycles. The number of carbonyl (C=O) groups excluding carboxylic acids is 1. The standard InChI is InChI=1S/C21H25N3O2S2/c1-13-8-14(2)20(15(3)9-13)23-18(25)6-5-7-27-12-17-10-19(26)24-16(4)11-28-21(24)22-17/h8-11H,5-7,12H2,1-4H3,(H,23,25). The van der Waals surface area contributed by atoms with E-state index in [4.69, 9.17) is 0 Å². The van der Waals surface area contributed by atoms with Crippen molar-refractivity contribution in [3.05, 3.63) is 62.0 Å². The van der Waals surface area contributed by atoms with Crippen molar-refractivity contribution >= 4 is 39.7 Å². The summed E-state index contributed by atoms with van der Waals surface area (Å²) < 4.78 is 1.64. The Balaban J connectivity index is 1.46. The van der Waals surface area contributed by atoms with Gasteiger partial charge in [0.1, 0.15) is 0 Å². The van der Waals surface area contributed by atoms with Crippen LogP contribution in [-0.4, -0.2) is 21.0 Å². The molecule has 0 aliphatic rings. The first kappa shape index (κ1) is 20.6. The van der Waals surface area contributed by atoms with E-state index in [9.17, 15) is 9.59 Å². The third kappa shape index (κ3) is 4.83. The minimum atomic E-state index is -0.0254. The number of amides is 1. The first-order valence-electron chi connectivity index (χ1n) is 9.27. The number of carbonyl (C=O) groups is 1. The number of benzene rings is 1. The van der Waals surface area contributed by atoms with Gasteiger partial charge >= 0.3 is 0 Å². The highest BCUT2D eigenvalue weighted by atomic mass is 32.2. The highest BCUT2D eigenvalue weighted by Crippen LogP contribution is 2.22. The highest BCUT2D eigenvalue weighted by Gasteiger charge is 2.09. The average molecular weight is 416 g/mol. The molecule has 0 saturated carbocycles. The summed E-state index contributed by atoms with van der Waals surface area (Å²) in [5.41, 5.74) is 6.01. The molecule has 0 aliphatic heterocycles. The van der Waals surface area contributed by atoms with Gasteiger partial charge in [-0.2, -0.15) is 11.8 Å². The molecule has 0 atom stereocenters. The minimum Gasteiger partial charge on any atom is -0.326 e. The zero-order valence-electron chi connectivity index (χ0n) is 16.7. The van der Waals surface area contributed by atoms with Crippen LogP contribution in [0.25, 0.3) is 4.96 Å². The number of nitrogens with zero attached hydrogens (tertiary/aromatic N) is 2. The molecule has 1 amide bonds. The summed E-state index contributed by atoms with van der Waals surface area (Å²) in [6, 6.07) is 5.77. The van der Waals surface area contributed by atoms with Gasteiger partial charge in [0, 0.05) is 35.0 Å². The van der Waals surface area contributed by atoms with E-state index in [0.29, 0.717) is 12.2 Å². The van der Waals surface area contributed by atoms with Gasteiger partial charge in [-0.15, -0.1) is 11.3 Å². The summed E-state index contributed by atoms with van der Waals surface area (Å²) in [6.07, 6.45) is 1.28. The maximum Gasteiger partial charge on any atom is 0.258 e. The van der Waals surface area contributed by atoms with Gasteiger partial charge in [-0.25, -0.2) is 4.98 Å². The lowest BCUT2D eigenvalue weighted by Crippen LogP contribution is -2.15. The molecule has 0 radical (unpaired) electrons. The third-order valence-electron chi connectivity index (χ3n) is 4.51. The van der Waals surface area contributed by atoms with Crippen molar-refractivity contribution in [2.24, 2.45) is 0 Å². The Labute approximate surface area is 173 Å². The van der Waals surface area contributed by atoms with Crippen molar-refractivity contribution in [1.82, 2.24) is 9.38 Å². The molecule has 2 aromatic heterocycles. The molecule has 2 heterocycles. The smallest absolute Gasteiger partial charge is 0.258 e. The number of aryl methyl sites for hydroxylation is 4. The molecule has 0 spiro atoms. The van der Waals surface area contributed by atoms with Gasteiger partial charge in [0.05, 0.1) is 5.69 Å². The van der Waals surface area contributed by atoms with Crippen LogP contribution in [0.3, 0.4) is 0 Å². The van der Waals surface area contributed by atoms with Crippen LogP contribution in [0, 0.1) is 27.7 Å². The van der Waals surface area contributed by atoms with Gasteiger partial charge in [0.25, 0.3) is 5.56 Å². The Morgan fingerprint density at radius 3 is 2.61 bits per heavy atom. The molecule has 1 aromatic carbocycles. The molecule has 0 bridgehead atoms. The van der Waals surface area contributed by atoms with E-state index < -0.39 is 0 Å². The van der Waals surface area contributed by atoms with E-state index in [2.05, 4.69) is 29.4 Å². The molecule has 148 valence electrons. The molecule has 0 unspecified atom stereocenters. The molecule has 1 N–H and O–H groups in total. The summed E-state index contributed by atoms with van der Waals surface area (Å²) in [7, 11) is 0. The molecule has 0 fully saturated rings. The van der Waals surface area contributed by atoms with Crippen molar-refractivity contribution in [2.75, 3.05) is 11.1 Å². The number of hydrogen-bond donors (Lipinski definition) is 1. The summed E-state index contributed by atoms with van der Waals surface area (Å²) in [4.78, 5) is 29.7. The Bertz CT molecular complexity index is 1050. The second-order valence-electron chi connectivity index (χ2n) is 7.06. The summed E-state index contributed by atoms with van der Waals surface area (Å²) in [5, 5.41) is 4.98. The van der Waals surface area contributed by atoms with Crippen LogP contribution in [0.1, 0.15) is 40.9 Å². The number of rotatable bonds is 7. The molecular formula is C21H25N3O2S2. The van der Waals surface area contributed by atoms with Crippen LogP contribution in [-0.2, 0) is 10.5 Å². The van der Waals surface area contributed by atoms with E-state index >= 15 is 0 Å². The lowest BCUT2D eigenvalue weighted by molar-refractivity contribution is -0.116. The fourth-order valence-corrected chi connectivity index (χ4v) is 5.01. The van der Waals surface area contributed by atoms with Gasteiger partial charge in [-0.3, -0.25) is 14.0 Å². The SMILES string of the molecule is Cc1cc(C)c(NC(=O)CCCSCc2cc(=O)n3c(C)csc3n2)c(C)c1. The van der Waals surface area contributed by atoms with E-state index in [1.165, 1.54) is 16.9 Å². The van der Waals surface area contributed by atoms with E-state index in [0.717, 1.165) is 45.3 Å². The zero-order valence-corrected chi connectivity index (χ0v) is 18.3. The molecule has 7 heteroatoms. The average Bonchev–Trinajstić information content (AvgIpc) is 2.99. The van der Waals surface area contributed by atoms with Gasteiger partial charge in [0.15, 0.2) is 4.96 Å². The Morgan fingerprint density at radius 1 is 1.18 bits per heavy atom. The Morgan fingerprint density at radius 2 is 1.89 bits per heavy atom. The lowest BCUT2D eigenvalue weighted by Gasteiger charge is -2.12. The van der Waals surface area contributed by atoms with Crippen molar-refractivity contribution in [1.29, 1.82) is 0 Å². The molecular weight excluding hydrogens is 390 g/mol. The van der Waals surface area contributed by atoms with Crippen LogP contribution < -0.4 is 10.9 Å². The molecule has 0 saturated heterocycles. The second kappa shape index (κ2) is 8.92. The first-order chi connectivity index (χ1) is 13.3. The van der Waals surface area contributed by atoms with Crippen LogP contribution in [0.2, 0.25) is 0 Å². The topological polar surface area (TPSA) is 63.5 Å².